The molecule has 0 atom stereocenters. The minimum Gasteiger partial charge on any atom is -0.370 e. The lowest BCUT2D eigenvalue weighted by Gasteiger charge is -2.13. The SMILES string of the molecule is CCCCNc1nc(NCCCN(C)C)cc(-c2ccccc2)n1. The van der Waals surface area contributed by atoms with Gasteiger partial charge in [-0.05, 0) is 33.5 Å². The van der Waals surface area contributed by atoms with Crippen LogP contribution in [0.25, 0.3) is 11.3 Å². The van der Waals surface area contributed by atoms with Crippen LogP contribution in [0.4, 0.5) is 11.8 Å². The molecule has 1 heterocycles. The number of nitrogens with one attached hydrogen (secondary N) is 2. The molecule has 0 aliphatic rings. The van der Waals surface area contributed by atoms with E-state index in [0.29, 0.717) is 5.95 Å². The van der Waals surface area contributed by atoms with Gasteiger partial charge in [0, 0.05) is 24.7 Å². The van der Waals surface area contributed by atoms with Gasteiger partial charge in [-0.2, -0.15) is 4.98 Å². The second kappa shape index (κ2) is 9.88. The van der Waals surface area contributed by atoms with Gasteiger partial charge < -0.3 is 15.5 Å². The second-order valence-electron chi connectivity index (χ2n) is 6.19. The number of aromatic nitrogens is 2. The monoisotopic (exact) mass is 327 g/mol. The summed E-state index contributed by atoms with van der Waals surface area (Å²) in [6.07, 6.45) is 3.35. The first-order chi connectivity index (χ1) is 11.7. The number of benzene rings is 1. The van der Waals surface area contributed by atoms with Gasteiger partial charge in [0.1, 0.15) is 5.82 Å². The van der Waals surface area contributed by atoms with Crippen LogP contribution in [0.3, 0.4) is 0 Å². The van der Waals surface area contributed by atoms with Crippen LogP contribution in [-0.2, 0) is 0 Å². The number of nitrogens with zero attached hydrogens (tertiary/aromatic N) is 3. The summed E-state index contributed by atoms with van der Waals surface area (Å²) in [6, 6.07) is 12.3. The second-order valence-corrected chi connectivity index (χ2v) is 6.19. The molecular formula is C19H29N5. The van der Waals surface area contributed by atoms with Crippen molar-refractivity contribution in [2.45, 2.75) is 26.2 Å². The predicted molar refractivity (Wildman–Crippen MR) is 103 cm³/mol. The smallest absolute Gasteiger partial charge is 0.225 e. The van der Waals surface area contributed by atoms with Gasteiger partial charge >= 0.3 is 0 Å². The maximum Gasteiger partial charge on any atom is 0.225 e. The molecule has 2 rings (SSSR count). The van der Waals surface area contributed by atoms with Gasteiger partial charge in [0.2, 0.25) is 5.95 Å². The van der Waals surface area contributed by atoms with Crippen molar-refractivity contribution in [3.63, 3.8) is 0 Å². The predicted octanol–water partition coefficient (Wildman–Crippen LogP) is 3.72. The zero-order valence-corrected chi connectivity index (χ0v) is 15.0. The average Bonchev–Trinajstić information content (AvgIpc) is 2.59. The van der Waals surface area contributed by atoms with Crippen LogP contribution in [0.2, 0.25) is 0 Å². The zero-order chi connectivity index (χ0) is 17.2. The fourth-order valence-corrected chi connectivity index (χ4v) is 2.36. The molecule has 24 heavy (non-hydrogen) atoms. The summed E-state index contributed by atoms with van der Waals surface area (Å²) in [5.74, 6) is 1.57. The van der Waals surface area contributed by atoms with Crippen molar-refractivity contribution in [3.05, 3.63) is 36.4 Å². The molecule has 0 spiro atoms. The van der Waals surface area contributed by atoms with Crippen molar-refractivity contribution < 1.29 is 0 Å². The summed E-state index contributed by atoms with van der Waals surface area (Å²) >= 11 is 0. The molecule has 0 radical (unpaired) electrons. The normalized spacial score (nSPS) is 10.8. The van der Waals surface area contributed by atoms with Crippen molar-refractivity contribution in [1.29, 1.82) is 0 Å². The Morgan fingerprint density at radius 1 is 0.958 bits per heavy atom. The van der Waals surface area contributed by atoms with E-state index in [0.717, 1.165) is 56.0 Å². The van der Waals surface area contributed by atoms with E-state index in [1.54, 1.807) is 0 Å². The lowest BCUT2D eigenvalue weighted by atomic mass is 10.1. The van der Waals surface area contributed by atoms with Crippen LogP contribution in [0, 0.1) is 0 Å². The first-order valence-electron chi connectivity index (χ1n) is 8.76. The van der Waals surface area contributed by atoms with Crippen LogP contribution < -0.4 is 10.6 Å². The zero-order valence-electron chi connectivity index (χ0n) is 15.0. The van der Waals surface area contributed by atoms with E-state index in [1.807, 2.05) is 24.3 Å². The third kappa shape index (κ3) is 6.16. The quantitative estimate of drug-likeness (QED) is 0.651. The van der Waals surface area contributed by atoms with Gasteiger partial charge in [-0.15, -0.1) is 0 Å². The fourth-order valence-electron chi connectivity index (χ4n) is 2.36. The number of unbranched alkanes of at least 4 members (excludes halogenated alkanes) is 1. The lowest BCUT2D eigenvalue weighted by molar-refractivity contribution is 0.405. The molecule has 0 aliphatic carbocycles. The third-order valence-corrected chi connectivity index (χ3v) is 3.70. The molecule has 0 saturated heterocycles. The number of anilines is 2. The van der Waals surface area contributed by atoms with E-state index in [9.17, 15) is 0 Å². The number of rotatable bonds is 10. The summed E-state index contributed by atoms with van der Waals surface area (Å²) in [7, 11) is 4.18. The van der Waals surface area contributed by atoms with Crippen molar-refractivity contribution in [2.24, 2.45) is 0 Å². The van der Waals surface area contributed by atoms with Gasteiger partial charge in [0.25, 0.3) is 0 Å². The van der Waals surface area contributed by atoms with E-state index >= 15 is 0 Å². The van der Waals surface area contributed by atoms with E-state index < -0.39 is 0 Å². The summed E-state index contributed by atoms with van der Waals surface area (Å²) in [5, 5.41) is 6.76. The molecule has 0 saturated carbocycles. The Morgan fingerprint density at radius 2 is 1.71 bits per heavy atom. The molecule has 0 unspecified atom stereocenters. The first kappa shape index (κ1) is 18.2. The summed E-state index contributed by atoms with van der Waals surface area (Å²) < 4.78 is 0. The molecule has 2 N–H and O–H groups in total. The Balaban J connectivity index is 2.11. The Hall–Kier alpha value is -2.14. The maximum atomic E-state index is 4.66. The van der Waals surface area contributed by atoms with E-state index in [-0.39, 0.29) is 0 Å². The van der Waals surface area contributed by atoms with Crippen LogP contribution in [0.15, 0.2) is 36.4 Å². The maximum absolute atomic E-state index is 4.66. The Bertz CT molecular complexity index is 598. The van der Waals surface area contributed by atoms with Gasteiger partial charge in [0.15, 0.2) is 0 Å². The minimum atomic E-state index is 0.694. The highest BCUT2D eigenvalue weighted by molar-refractivity contribution is 5.64. The minimum absolute atomic E-state index is 0.694. The molecule has 0 aliphatic heterocycles. The standard InChI is InChI=1S/C19H29N5/c1-4-5-12-21-19-22-17(16-10-7-6-8-11-16)15-18(23-19)20-13-9-14-24(2)3/h6-8,10-11,15H,4-5,9,12-14H2,1-3H3,(H2,20,21,22,23). The highest BCUT2D eigenvalue weighted by atomic mass is 15.1. The Kier molecular flexibility index (Phi) is 7.49. The highest BCUT2D eigenvalue weighted by Crippen LogP contribution is 2.21. The van der Waals surface area contributed by atoms with E-state index in [2.05, 4.69) is 58.7 Å². The molecule has 0 bridgehead atoms. The van der Waals surface area contributed by atoms with Crippen molar-refractivity contribution in [3.8, 4) is 11.3 Å². The Labute approximate surface area is 145 Å². The molecule has 0 fully saturated rings. The van der Waals surface area contributed by atoms with Crippen LogP contribution in [-0.4, -0.2) is 48.6 Å². The van der Waals surface area contributed by atoms with Crippen LogP contribution >= 0.6 is 0 Å². The molecule has 1 aromatic heterocycles. The van der Waals surface area contributed by atoms with Gasteiger partial charge in [0.05, 0.1) is 5.69 Å². The summed E-state index contributed by atoms with van der Waals surface area (Å²) in [6.45, 7) is 5.04. The van der Waals surface area contributed by atoms with Gasteiger partial charge in [-0.3, -0.25) is 0 Å². The third-order valence-electron chi connectivity index (χ3n) is 3.70. The van der Waals surface area contributed by atoms with Gasteiger partial charge in [-0.1, -0.05) is 43.7 Å². The highest BCUT2D eigenvalue weighted by Gasteiger charge is 2.06. The van der Waals surface area contributed by atoms with Crippen molar-refractivity contribution >= 4 is 11.8 Å². The van der Waals surface area contributed by atoms with Crippen molar-refractivity contribution in [2.75, 3.05) is 44.4 Å². The fraction of sp³-hybridized carbons (Fsp3) is 0.474. The van der Waals surface area contributed by atoms with Crippen LogP contribution in [0.1, 0.15) is 26.2 Å². The summed E-state index contributed by atoms with van der Waals surface area (Å²) in [5.41, 5.74) is 2.05. The molecule has 5 heteroatoms. The van der Waals surface area contributed by atoms with Crippen LogP contribution in [0.5, 0.6) is 0 Å². The van der Waals surface area contributed by atoms with E-state index in [4.69, 9.17) is 0 Å². The molecular weight excluding hydrogens is 298 g/mol. The lowest BCUT2D eigenvalue weighted by Crippen LogP contribution is -2.17. The topological polar surface area (TPSA) is 53.1 Å². The largest absolute Gasteiger partial charge is 0.370 e. The average molecular weight is 327 g/mol. The summed E-state index contributed by atoms with van der Waals surface area (Å²) in [4.78, 5) is 11.5. The van der Waals surface area contributed by atoms with Gasteiger partial charge in [-0.25, -0.2) is 4.98 Å². The first-order valence-corrected chi connectivity index (χ1v) is 8.76. The van der Waals surface area contributed by atoms with Crippen molar-refractivity contribution in [1.82, 2.24) is 14.9 Å². The van der Waals surface area contributed by atoms with E-state index in [1.165, 1.54) is 0 Å². The Morgan fingerprint density at radius 3 is 2.42 bits per heavy atom. The molecule has 5 nitrogen and oxygen atoms in total. The molecule has 2 aromatic rings. The molecule has 0 amide bonds. The number of hydrogen-bond acceptors (Lipinski definition) is 5. The molecule has 130 valence electrons. The molecule has 1 aromatic carbocycles. The number of hydrogen-bond donors (Lipinski definition) is 2.